The third-order valence-electron chi connectivity index (χ3n) is 3.55. The first-order valence-corrected chi connectivity index (χ1v) is 7.30. The predicted octanol–water partition coefficient (Wildman–Crippen LogP) is 1.60. The van der Waals surface area contributed by atoms with E-state index in [1.54, 1.807) is 18.2 Å². The Balaban J connectivity index is 1.51. The maximum atomic E-state index is 12.1. The number of ether oxygens (including phenoxy) is 2. The molecule has 2 aromatic carbocycles. The lowest BCUT2D eigenvalue weighted by atomic mass is 10.1. The summed E-state index contributed by atoms with van der Waals surface area (Å²) in [5.74, 6) is 0.611. The van der Waals surface area contributed by atoms with Crippen molar-refractivity contribution in [2.24, 2.45) is 0 Å². The molecule has 1 aliphatic rings. The average molecular weight is 315 g/mol. The Kier molecular flexibility index (Phi) is 4.23. The summed E-state index contributed by atoms with van der Waals surface area (Å²) in [5.41, 5.74) is 0.812. The molecular weight excluding hydrogens is 298 g/mol. The van der Waals surface area contributed by atoms with Gasteiger partial charge in [0.25, 0.3) is 5.91 Å². The minimum atomic E-state index is -0.682. The van der Waals surface area contributed by atoms with Gasteiger partial charge in [-0.05, 0) is 36.2 Å². The largest absolute Gasteiger partial charge is 0.504 e. The van der Waals surface area contributed by atoms with Gasteiger partial charge in [-0.1, -0.05) is 18.2 Å². The summed E-state index contributed by atoms with van der Waals surface area (Å²) < 4.78 is 11.1. The summed E-state index contributed by atoms with van der Waals surface area (Å²) in [5, 5.41) is 21.5. The van der Waals surface area contributed by atoms with Crippen molar-refractivity contribution in [1.82, 2.24) is 5.32 Å². The van der Waals surface area contributed by atoms with Gasteiger partial charge in [-0.25, -0.2) is 0 Å². The molecule has 0 saturated heterocycles. The molecule has 1 amide bonds. The number of para-hydroxylation sites is 2. The predicted molar refractivity (Wildman–Crippen MR) is 82.8 cm³/mol. The monoisotopic (exact) mass is 315 g/mol. The summed E-state index contributed by atoms with van der Waals surface area (Å²) in [7, 11) is 0. The number of carbonyl (C=O) groups excluding carboxylic acids is 1. The minimum Gasteiger partial charge on any atom is -0.504 e. The van der Waals surface area contributed by atoms with E-state index in [9.17, 15) is 15.0 Å². The molecule has 0 saturated carbocycles. The van der Waals surface area contributed by atoms with Gasteiger partial charge in [0.2, 0.25) is 6.10 Å². The van der Waals surface area contributed by atoms with Crippen molar-refractivity contribution in [1.29, 1.82) is 0 Å². The van der Waals surface area contributed by atoms with E-state index in [4.69, 9.17) is 9.47 Å². The molecule has 3 N–H and O–H groups in total. The molecule has 0 spiro atoms. The topological polar surface area (TPSA) is 88.0 Å². The zero-order valence-corrected chi connectivity index (χ0v) is 12.4. The van der Waals surface area contributed by atoms with E-state index >= 15 is 0 Å². The van der Waals surface area contributed by atoms with Crippen molar-refractivity contribution in [3.63, 3.8) is 0 Å². The summed E-state index contributed by atoms with van der Waals surface area (Å²) in [4.78, 5) is 12.1. The summed E-state index contributed by atoms with van der Waals surface area (Å²) in [6, 6.07) is 11.8. The molecule has 2 aromatic rings. The molecule has 0 fully saturated rings. The van der Waals surface area contributed by atoms with Crippen molar-refractivity contribution in [2.45, 2.75) is 12.5 Å². The number of amides is 1. The number of nitrogens with one attached hydrogen (secondary N) is 1. The van der Waals surface area contributed by atoms with Crippen LogP contribution in [0.2, 0.25) is 0 Å². The van der Waals surface area contributed by atoms with E-state index in [2.05, 4.69) is 5.32 Å². The first-order valence-electron chi connectivity index (χ1n) is 7.30. The fraction of sp³-hybridized carbons (Fsp3) is 0.235. The third kappa shape index (κ3) is 3.48. The molecule has 0 unspecified atom stereocenters. The number of hydrogen-bond acceptors (Lipinski definition) is 5. The zero-order valence-electron chi connectivity index (χ0n) is 12.4. The molecule has 0 bridgehead atoms. The van der Waals surface area contributed by atoms with Gasteiger partial charge in [-0.3, -0.25) is 4.79 Å². The van der Waals surface area contributed by atoms with Crippen molar-refractivity contribution in [3.05, 3.63) is 48.0 Å². The Morgan fingerprint density at radius 3 is 2.70 bits per heavy atom. The van der Waals surface area contributed by atoms with E-state index in [1.165, 1.54) is 12.1 Å². The number of phenolic OH excluding ortho intramolecular Hbond substituents is 2. The molecule has 0 aromatic heterocycles. The molecule has 1 atom stereocenters. The smallest absolute Gasteiger partial charge is 0.264 e. The molecular formula is C17H17NO5. The second kappa shape index (κ2) is 6.48. The van der Waals surface area contributed by atoms with Crippen LogP contribution in [-0.4, -0.2) is 35.4 Å². The molecule has 6 heteroatoms. The molecule has 0 aliphatic carbocycles. The standard InChI is InChI=1S/C17H17NO5/c19-12-6-5-11(9-13(12)20)7-8-18-17(21)16-10-22-14-3-1-2-4-15(14)23-16/h1-6,9,16,19-20H,7-8,10H2,(H,18,21)/t16-/m1/s1. The molecule has 3 rings (SSSR count). The van der Waals surface area contributed by atoms with Crippen LogP contribution in [-0.2, 0) is 11.2 Å². The summed E-state index contributed by atoms with van der Waals surface area (Å²) >= 11 is 0. The Morgan fingerprint density at radius 2 is 1.91 bits per heavy atom. The van der Waals surface area contributed by atoms with Gasteiger partial charge in [0, 0.05) is 6.54 Å². The van der Waals surface area contributed by atoms with Crippen LogP contribution in [0.15, 0.2) is 42.5 Å². The van der Waals surface area contributed by atoms with Crippen LogP contribution in [0.25, 0.3) is 0 Å². The van der Waals surface area contributed by atoms with Crippen LogP contribution in [0.3, 0.4) is 0 Å². The molecule has 23 heavy (non-hydrogen) atoms. The maximum absolute atomic E-state index is 12.1. The van der Waals surface area contributed by atoms with Gasteiger partial charge >= 0.3 is 0 Å². The fourth-order valence-corrected chi connectivity index (χ4v) is 2.32. The van der Waals surface area contributed by atoms with Gasteiger partial charge in [0.15, 0.2) is 23.0 Å². The number of phenols is 2. The van der Waals surface area contributed by atoms with E-state index in [-0.39, 0.29) is 24.0 Å². The van der Waals surface area contributed by atoms with Crippen molar-refractivity contribution < 1.29 is 24.5 Å². The zero-order chi connectivity index (χ0) is 16.2. The molecule has 6 nitrogen and oxygen atoms in total. The van der Waals surface area contributed by atoms with Gasteiger partial charge in [0.1, 0.15) is 6.61 Å². The first kappa shape index (κ1) is 15.0. The number of fused-ring (bicyclic) bond motifs is 1. The van der Waals surface area contributed by atoms with Crippen LogP contribution >= 0.6 is 0 Å². The quantitative estimate of drug-likeness (QED) is 0.746. The minimum absolute atomic E-state index is 0.163. The summed E-state index contributed by atoms with van der Waals surface area (Å²) in [6.07, 6.45) is -0.151. The molecule has 1 heterocycles. The molecule has 0 radical (unpaired) electrons. The van der Waals surface area contributed by atoms with Crippen LogP contribution in [0.1, 0.15) is 5.56 Å². The van der Waals surface area contributed by atoms with E-state index in [0.717, 1.165) is 5.56 Å². The normalized spacial score (nSPS) is 15.9. The first-order chi connectivity index (χ1) is 11.1. The second-order valence-electron chi connectivity index (χ2n) is 5.23. The Hall–Kier alpha value is -2.89. The number of aromatic hydroxyl groups is 2. The average Bonchev–Trinajstić information content (AvgIpc) is 2.57. The van der Waals surface area contributed by atoms with Crippen molar-refractivity contribution in [3.8, 4) is 23.0 Å². The molecule has 120 valence electrons. The van der Waals surface area contributed by atoms with Crippen LogP contribution in [0, 0.1) is 0 Å². The Bertz CT molecular complexity index is 716. The number of benzene rings is 2. The van der Waals surface area contributed by atoms with Crippen LogP contribution < -0.4 is 14.8 Å². The van der Waals surface area contributed by atoms with Crippen molar-refractivity contribution in [2.75, 3.05) is 13.2 Å². The lowest BCUT2D eigenvalue weighted by Gasteiger charge is -2.25. The highest BCUT2D eigenvalue weighted by Gasteiger charge is 2.26. The highest BCUT2D eigenvalue weighted by molar-refractivity contribution is 5.81. The number of carbonyl (C=O) groups is 1. The maximum Gasteiger partial charge on any atom is 0.264 e. The van der Waals surface area contributed by atoms with E-state index < -0.39 is 6.10 Å². The number of hydrogen-bond donors (Lipinski definition) is 3. The lowest BCUT2D eigenvalue weighted by Crippen LogP contribution is -2.44. The third-order valence-corrected chi connectivity index (χ3v) is 3.55. The second-order valence-corrected chi connectivity index (χ2v) is 5.23. The van der Waals surface area contributed by atoms with Gasteiger partial charge in [0.05, 0.1) is 0 Å². The highest BCUT2D eigenvalue weighted by atomic mass is 16.6. The number of rotatable bonds is 4. The van der Waals surface area contributed by atoms with Gasteiger partial charge in [-0.2, -0.15) is 0 Å². The fourth-order valence-electron chi connectivity index (χ4n) is 2.32. The Labute approximate surface area is 133 Å². The lowest BCUT2D eigenvalue weighted by molar-refractivity contribution is -0.130. The molecule has 1 aliphatic heterocycles. The van der Waals surface area contributed by atoms with Gasteiger partial charge in [-0.15, -0.1) is 0 Å². The van der Waals surface area contributed by atoms with E-state index in [0.29, 0.717) is 24.5 Å². The van der Waals surface area contributed by atoms with E-state index in [1.807, 2.05) is 12.1 Å². The van der Waals surface area contributed by atoms with Gasteiger partial charge < -0.3 is 25.0 Å². The van der Waals surface area contributed by atoms with Crippen LogP contribution in [0.4, 0.5) is 0 Å². The SMILES string of the molecule is O=C(NCCc1ccc(O)c(O)c1)[C@H]1COc2ccccc2O1. The van der Waals surface area contributed by atoms with Crippen LogP contribution in [0.5, 0.6) is 23.0 Å². The Morgan fingerprint density at radius 1 is 1.13 bits per heavy atom. The van der Waals surface area contributed by atoms with Crippen molar-refractivity contribution >= 4 is 5.91 Å². The summed E-state index contributed by atoms with van der Waals surface area (Å²) in [6.45, 7) is 0.563. The highest BCUT2D eigenvalue weighted by Crippen LogP contribution is 2.30.